The second-order valence-electron chi connectivity index (χ2n) is 10.6. The van der Waals surface area contributed by atoms with Gasteiger partial charge in [0.1, 0.15) is 0 Å². The highest BCUT2D eigenvalue weighted by atomic mass is 19.3. The molecular weight excluding hydrogens is 486 g/mol. The maximum atomic E-state index is 14.4. The van der Waals surface area contributed by atoms with Crippen LogP contribution in [0, 0.1) is 6.92 Å². The Labute approximate surface area is 220 Å². The number of hydrogen-bond acceptors (Lipinski definition) is 4. The Bertz CT molecular complexity index is 1580. The van der Waals surface area contributed by atoms with Gasteiger partial charge >= 0.3 is 0 Å². The zero-order chi connectivity index (χ0) is 26.6. The number of ether oxygens (including phenoxy) is 1. The Morgan fingerprint density at radius 3 is 2.55 bits per heavy atom. The van der Waals surface area contributed by atoms with Gasteiger partial charge in [-0.05, 0) is 85.5 Å². The number of aromatic nitrogens is 3. The number of pyridine rings is 1. The maximum absolute atomic E-state index is 14.4. The van der Waals surface area contributed by atoms with E-state index in [4.69, 9.17) is 4.74 Å². The molecule has 0 bridgehead atoms. The van der Waals surface area contributed by atoms with Gasteiger partial charge in [-0.2, -0.15) is 5.10 Å². The lowest BCUT2D eigenvalue weighted by atomic mass is 9.89. The number of anilines is 2. The van der Waals surface area contributed by atoms with Crippen LogP contribution in [0.5, 0.6) is 0 Å². The molecule has 2 aromatic heterocycles. The van der Waals surface area contributed by atoms with Crippen LogP contribution in [0.15, 0.2) is 47.5 Å². The molecule has 0 spiro atoms. The second kappa shape index (κ2) is 9.66. The van der Waals surface area contributed by atoms with Crippen LogP contribution >= 0.6 is 0 Å². The Balaban J connectivity index is 1.57. The number of benzene rings is 2. The molecule has 2 aromatic carbocycles. The Morgan fingerprint density at radius 2 is 1.84 bits per heavy atom. The monoisotopic (exact) mass is 518 g/mol. The molecule has 4 aromatic rings. The molecule has 0 amide bonds. The van der Waals surface area contributed by atoms with Gasteiger partial charge in [-0.1, -0.05) is 0 Å². The van der Waals surface area contributed by atoms with Gasteiger partial charge in [-0.15, -0.1) is 0 Å². The van der Waals surface area contributed by atoms with Crippen molar-refractivity contribution in [3.8, 4) is 11.1 Å². The predicted octanol–water partition coefficient (Wildman–Crippen LogP) is 6.16. The van der Waals surface area contributed by atoms with Gasteiger partial charge in [0, 0.05) is 67.8 Å². The van der Waals surface area contributed by atoms with E-state index in [1.54, 1.807) is 34.8 Å². The molecule has 0 N–H and O–H groups in total. The van der Waals surface area contributed by atoms with E-state index in [-0.39, 0.29) is 11.1 Å². The van der Waals surface area contributed by atoms with Gasteiger partial charge in [0.2, 0.25) is 0 Å². The Kier molecular flexibility index (Phi) is 6.30. The van der Waals surface area contributed by atoms with Crippen molar-refractivity contribution in [1.82, 2.24) is 14.3 Å². The van der Waals surface area contributed by atoms with Crippen LogP contribution < -0.4 is 10.5 Å². The molecule has 8 heteroatoms. The van der Waals surface area contributed by atoms with Gasteiger partial charge < -0.3 is 14.2 Å². The van der Waals surface area contributed by atoms with Crippen LogP contribution in [-0.2, 0) is 25.3 Å². The van der Waals surface area contributed by atoms with E-state index < -0.39 is 6.43 Å². The van der Waals surface area contributed by atoms with Crippen molar-refractivity contribution in [1.29, 1.82) is 0 Å². The van der Waals surface area contributed by atoms with E-state index in [0.717, 1.165) is 60.1 Å². The molecule has 1 fully saturated rings. The molecule has 6 nitrogen and oxygen atoms in total. The fourth-order valence-corrected chi connectivity index (χ4v) is 6.10. The van der Waals surface area contributed by atoms with Crippen molar-refractivity contribution < 1.29 is 13.5 Å². The summed E-state index contributed by atoms with van der Waals surface area (Å²) in [4.78, 5) is 15.1. The lowest BCUT2D eigenvalue weighted by Crippen LogP contribution is -2.27. The third-order valence-corrected chi connectivity index (χ3v) is 8.13. The minimum atomic E-state index is -2.62. The van der Waals surface area contributed by atoms with Crippen LogP contribution in [0.3, 0.4) is 0 Å². The third kappa shape index (κ3) is 4.21. The highest BCUT2D eigenvalue weighted by molar-refractivity contribution is 5.96. The average molecular weight is 519 g/mol. The largest absolute Gasteiger partial charge is 0.381 e. The molecule has 2 aliphatic rings. The molecule has 0 saturated carbocycles. The third-order valence-electron chi connectivity index (χ3n) is 8.13. The maximum Gasteiger partial charge on any atom is 0.264 e. The summed E-state index contributed by atoms with van der Waals surface area (Å²) >= 11 is 0. The van der Waals surface area contributed by atoms with Crippen LogP contribution in [0.2, 0.25) is 0 Å². The molecule has 0 radical (unpaired) electrons. The lowest BCUT2D eigenvalue weighted by Gasteiger charge is -2.34. The smallest absolute Gasteiger partial charge is 0.264 e. The number of halogens is 2. The van der Waals surface area contributed by atoms with Crippen molar-refractivity contribution in [2.24, 2.45) is 14.1 Å². The lowest BCUT2D eigenvalue weighted by molar-refractivity contribution is 0.0853. The van der Waals surface area contributed by atoms with Crippen molar-refractivity contribution >= 4 is 22.3 Å². The molecule has 4 heterocycles. The van der Waals surface area contributed by atoms with E-state index in [1.807, 2.05) is 26.1 Å². The van der Waals surface area contributed by atoms with Gasteiger partial charge in [0.05, 0.1) is 17.4 Å². The van der Waals surface area contributed by atoms with E-state index >= 15 is 0 Å². The van der Waals surface area contributed by atoms with Gasteiger partial charge in [0.25, 0.3) is 12.0 Å². The summed E-state index contributed by atoms with van der Waals surface area (Å²) in [5.74, 6) is 0.331. The first-order valence-corrected chi connectivity index (χ1v) is 13.3. The predicted molar refractivity (Wildman–Crippen MR) is 146 cm³/mol. The molecular formula is C30H32F2N4O2. The molecule has 6 rings (SSSR count). The minimum Gasteiger partial charge on any atom is -0.381 e. The summed E-state index contributed by atoms with van der Waals surface area (Å²) in [6, 6.07) is 9.90. The van der Waals surface area contributed by atoms with E-state index in [1.165, 1.54) is 5.56 Å². The van der Waals surface area contributed by atoms with E-state index in [2.05, 4.69) is 22.1 Å². The summed E-state index contributed by atoms with van der Waals surface area (Å²) in [6.07, 6.45) is 4.37. The van der Waals surface area contributed by atoms with Crippen molar-refractivity contribution in [3.05, 3.63) is 75.3 Å². The number of hydrogen-bond donors (Lipinski definition) is 0. The molecule has 2 aliphatic heterocycles. The highest BCUT2D eigenvalue weighted by Crippen LogP contribution is 2.44. The standard InChI is InChI=1S/C30H32F2N4O2/c1-18-11-25-27(35(3)30(18)37)13-21(19-6-9-38-10-7-19)14-28(25)36-8-4-5-20-12-23(22-16-33-34(2)17-22)24(29(31)32)15-26(20)36/h11-17,19,29H,4-10H2,1-3H3. The first-order chi connectivity index (χ1) is 18.3. The SMILES string of the molecule is Cc1cc2c(N3CCCc4cc(-c5cnn(C)c5)c(C(F)F)cc43)cc(C3CCOCC3)cc2n(C)c1=O. The molecule has 0 unspecified atom stereocenters. The average Bonchev–Trinajstić information content (AvgIpc) is 3.37. The van der Waals surface area contributed by atoms with E-state index in [9.17, 15) is 13.6 Å². The number of fused-ring (bicyclic) bond motifs is 2. The number of alkyl halides is 2. The Hall–Kier alpha value is -3.52. The van der Waals surface area contributed by atoms with Gasteiger partial charge in [-0.3, -0.25) is 9.48 Å². The number of aryl methyl sites for hydroxylation is 4. The molecule has 0 atom stereocenters. The summed E-state index contributed by atoms with van der Waals surface area (Å²) in [6.45, 7) is 3.98. The first-order valence-electron chi connectivity index (χ1n) is 13.3. The fraction of sp³-hybridized carbons (Fsp3) is 0.400. The van der Waals surface area contributed by atoms with Crippen molar-refractivity contribution in [3.63, 3.8) is 0 Å². The normalized spacial score (nSPS) is 16.4. The molecule has 0 aliphatic carbocycles. The van der Waals surface area contributed by atoms with Crippen LogP contribution in [-0.4, -0.2) is 34.1 Å². The summed E-state index contributed by atoms with van der Waals surface area (Å²) in [7, 11) is 3.60. The Morgan fingerprint density at radius 1 is 1.05 bits per heavy atom. The second-order valence-corrected chi connectivity index (χ2v) is 10.6. The van der Waals surface area contributed by atoms with Crippen molar-refractivity contribution in [2.75, 3.05) is 24.7 Å². The zero-order valence-electron chi connectivity index (χ0n) is 22.0. The number of nitrogens with zero attached hydrogens (tertiary/aromatic N) is 4. The molecule has 1 saturated heterocycles. The topological polar surface area (TPSA) is 52.3 Å². The zero-order valence-corrected chi connectivity index (χ0v) is 22.0. The van der Waals surface area contributed by atoms with Gasteiger partial charge in [0.15, 0.2) is 0 Å². The first kappa shape index (κ1) is 24.8. The van der Waals surface area contributed by atoms with Gasteiger partial charge in [-0.25, -0.2) is 8.78 Å². The van der Waals surface area contributed by atoms with E-state index in [0.29, 0.717) is 35.8 Å². The fourth-order valence-electron chi connectivity index (χ4n) is 6.10. The van der Waals surface area contributed by atoms with Crippen LogP contribution in [0.25, 0.3) is 22.0 Å². The highest BCUT2D eigenvalue weighted by Gasteiger charge is 2.27. The molecule has 198 valence electrons. The van der Waals surface area contributed by atoms with Crippen molar-refractivity contribution in [2.45, 2.75) is 45.0 Å². The summed E-state index contributed by atoms with van der Waals surface area (Å²) in [5, 5.41) is 5.17. The quantitative estimate of drug-likeness (QED) is 0.325. The summed E-state index contributed by atoms with van der Waals surface area (Å²) < 4.78 is 37.8. The number of rotatable bonds is 4. The minimum absolute atomic E-state index is 0.0112. The van der Waals surface area contributed by atoms with Crippen LogP contribution in [0.1, 0.15) is 53.9 Å². The molecule has 38 heavy (non-hydrogen) atoms. The van der Waals surface area contributed by atoms with Crippen LogP contribution in [0.4, 0.5) is 20.2 Å². The summed E-state index contributed by atoms with van der Waals surface area (Å²) in [5.41, 5.74) is 6.76.